The van der Waals surface area contributed by atoms with E-state index in [1.54, 1.807) is 6.26 Å². The van der Waals surface area contributed by atoms with Gasteiger partial charge in [-0.15, -0.1) is 0 Å². The van der Waals surface area contributed by atoms with Crippen molar-refractivity contribution in [2.75, 3.05) is 11.9 Å². The lowest BCUT2D eigenvalue weighted by Gasteiger charge is -2.08. The Labute approximate surface area is 110 Å². The van der Waals surface area contributed by atoms with Crippen LogP contribution in [0.2, 0.25) is 0 Å². The number of hydrogen-bond donors (Lipinski definition) is 2. The molecule has 0 saturated carbocycles. The molecule has 100 valence electrons. The first-order valence-corrected chi connectivity index (χ1v) is 6.07. The first-order valence-electron chi connectivity index (χ1n) is 6.07. The van der Waals surface area contributed by atoms with Crippen molar-refractivity contribution in [3.05, 3.63) is 54.2 Å². The van der Waals surface area contributed by atoms with Crippen LogP contribution in [-0.4, -0.2) is 12.5 Å². The van der Waals surface area contributed by atoms with Crippen LogP contribution in [-0.2, 0) is 4.79 Å². The first kappa shape index (κ1) is 13.3. The van der Waals surface area contributed by atoms with Gasteiger partial charge in [-0.3, -0.25) is 4.79 Å². The third-order valence-corrected chi connectivity index (χ3v) is 2.78. The van der Waals surface area contributed by atoms with E-state index in [2.05, 4.69) is 5.32 Å². The van der Waals surface area contributed by atoms with Crippen molar-refractivity contribution < 1.29 is 18.9 Å². The second kappa shape index (κ2) is 6.15. The van der Waals surface area contributed by atoms with E-state index in [4.69, 9.17) is 4.42 Å². The molecule has 0 spiro atoms. The molecule has 0 bridgehead atoms. The molecule has 0 aliphatic heterocycles. The van der Waals surface area contributed by atoms with Crippen molar-refractivity contribution in [2.45, 2.75) is 13.0 Å². The molecule has 5 heteroatoms. The van der Waals surface area contributed by atoms with Gasteiger partial charge in [-0.05, 0) is 43.3 Å². The zero-order chi connectivity index (χ0) is 13.7. The maximum atomic E-state index is 12.7. The number of anilines is 1. The predicted octanol–water partition coefficient (Wildman–Crippen LogP) is 1.68. The van der Waals surface area contributed by atoms with Crippen LogP contribution in [0.5, 0.6) is 0 Å². The Morgan fingerprint density at radius 3 is 2.74 bits per heavy atom. The highest BCUT2D eigenvalue weighted by Gasteiger charge is 2.13. The van der Waals surface area contributed by atoms with Gasteiger partial charge in [-0.25, -0.2) is 4.39 Å². The minimum Gasteiger partial charge on any atom is -0.463 e. The second-order valence-corrected chi connectivity index (χ2v) is 4.30. The zero-order valence-electron chi connectivity index (χ0n) is 10.6. The zero-order valence-corrected chi connectivity index (χ0v) is 10.6. The summed E-state index contributed by atoms with van der Waals surface area (Å²) in [6, 6.07) is 9.45. The summed E-state index contributed by atoms with van der Waals surface area (Å²) in [5, 5.41) is 4.58. The Morgan fingerprint density at radius 2 is 2.11 bits per heavy atom. The standard InChI is InChI=1S/C14H15FN2O2/c1-10(13-3-2-8-19-13)16-9-14(18)17-12-6-4-11(15)5-7-12/h2-8,10,16H,9H2,1H3,(H,17,18)/p+1/t10-/m0/s1. The largest absolute Gasteiger partial charge is 0.463 e. The summed E-state index contributed by atoms with van der Waals surface area (Å²) in [6.07, 6.45) is 1.61. The summed E-state index contributed by atoms with van der Waals surface area (Å²) in [5.74, 6) is 0.371. The molecule has 1 aromatic heterocycles. The van der Waals surface area contributed by atoms with E-state index in [0.29, 0.717) is 5.69 Å². The Kier molecular flexibility index (Phi) is 4.30. The number of furan rings is 1. The molecule has 4 nitrogen and oxygen atoms in total. The van der Waals surface area contributed by atoms with E-state index in [1.807, 2.05) is 24.4 Å². The van der Waals surface area contributed by atoms with Crippen LogP contribution in [0.4, 0.5) is 10.1 Å². The van der Waals surface area contributed by atoms with Crippen molar-refractivity contribution in [1.82, 2.24) is 0 Å². The lowest BCUT2D eigenvalue weighted by atomic mass is 10.2. The predicted molar refractivity (Wildman–Crippen MR) is 68.9 cm³/mol. The minimum atomic E-state index is -0.323. The number of nitrogens with one attached hydrogen (secondary N) is 1. The number of quaternary nitrogens is 1. The van der Waals surface area contributed by atoms with Crippen LogP contribution >= 0.6 is 0 Å². The molecule has 0 saturated heterocycles. The Balaban J connectivity index is 1.80. The molecule has 3 N–H and O–H groups in total. The van der Waals surface area contributed by atoms with Crippen LogP contribution in [0, 0.1) is 5.82 Å². The van der Waals surface area contributed by atoms with Gasteiger partial charge in [-0.1, -0.05) is 0 Å². The highest BCUT2D eigenvalue weighted by atomic mass is 19.1. The summed E-state index contributed by atoms with van der Waals surface area (Å²) < 4.78 is 18.0. The lowest BCUT2D eigenvalue weighted by Crippen LogP contribution is -2.86. The second-order valence-electron chi connectivity index (χ2n) is 4.30. The van der Waals surface area contributed by atoms with Gasteiger partial charge in [0.2, 0.25) is 0 Å². The number of benzene rings is 1. The van der Waals surface area contributed by atoms with Gasteiger partial charge < -0.3 is 15.1 Å². The smallest absolute Gasteiger partial charge is 0.279 e. The average Bonchev–Trinajstić information content (AvgIpc) is 2.93. The molecular weight excluding hydrogens is 247 g/mol. The van der Waals surface area contributed by atoms with Gasteiger partial charge in [0.1, 0.15) is 11.9 Å². The van der Waals surface area contributed by atoms with E-state index >= 15 is 0 Å². The Morgan fingerprint density at radius 1 is 1.37 bits per heavy atom. The van der Waals surface area contributed by atoms with Gasteiger partial charge in [0.25, 0.3) is 5.91 Å². The van der Waals surface area contributed by atoms with E-state index in [0.717, 1.165) is 5.76 Å². The molecule has 0 radical (unpaired) electrons. The maximum absolute atomic E-state index is 12.7. The van der Waals surface area contributed by atoms with E-state index < -0.39 is 0 Å². The molecule has 2 rings (SSSR count). The van der Waals surface area contributed by atoms with E-state index in [9.17, 15) is 9.18 Å². The van der Waals surface area contributed by atoms with Crippen LogP contribution < -0.4 is 10.6 Å². The normalized spacial score (nSPS) is 12.1. The summed E-state index contributed by atoms with van der Waals surface area (Å²) in [5.41, 5.74) is 0.588. The van der Waals surface area contributed by atoms with Crippen molar-refractivity contribution in [3.63, 3.8) is 0 Å². The van der Waals surface area contributed by atoms with Crippen LogP contribution in [0.25, 0.3) is 0 Å². The lowest BCUT2D eigenvalue weighted by molar-refractivity contribution is -0.684. The van der Waals surface area contributed by atoms with Gasteiger partial charge in [0, 0.05) is 5.69 Å². The number of halogens is 1. The van der Waals surface area contributed by atoms with Crippen LogP contribution in [0.3, 0.4) is 0 Å². The fraction of sp³-hybridized carbons (Fsp3) is 0.214. The number of rotatable bonds is 5. The van der Waals surface area contributed by atoms with Gasteiger partial charge in [0.05, 0.1) is 6.26 Å². The molecule has 1 aromatic carbocycles. The van der Waals surface area contributed by atoms with Crippen LogP contribution in [0.1, 0.15) is 18.7 Å². The topological polar surface area (TPSA) is 58.9 Å². The fourth-order valence-corrected chi connectivity index (χ4v) is 1.70. The SMILES string of the molecule is C[C@H]([NH2+]CC(=O)Nc1ccc(F)cc1)c1ccco1. The van der Waals surface area contributed by atoms with Crippen molar-refractivity contribution in [3.8, 4) is 0 Å². The molecule has 1 amide bonds. The van der Waals surface area contributed by atoms with E-state index in [-0.39, 0.29) is 24.3 Å². The highest BCUT2D eigenvalue weighted by molar-refractivity contribution is 5.91. The minimum absolute atomic E-state index is 0.0777. The number of nitrogens with two attached hydrogens (primary N) is 1. The van der Waals surface area contributed by atoms with Gasteiger partial charge in [0.15, 0.2) is 12.3 Å². The third kappa shape index (κ3) is 3.93. The number of amides is 1. The Bertz CT molecular complexity index is 523. The third-order valence-electron chi connectivity index (χ3n) is 2.78. The molecule has 0 aliphatic rings. The van der Waals surface area contributed by atoms with Gasteiger partial charge >= 0.3 is 0 Å². The summed E-state index contributed by atoms with van der Waals surface area (Å²) in [4.78, 5) is 11.7. The molecule has 1 atom stereocenters. The molecule has 0 aliphatic carbocycles. The van der Waals surface area contributed by atoms with Crippen molar-refractivity contribution in [1.29, 1.82) is 0 Å². The monoisotopic (exact) mass is 263 g/mol. The summed E-state index contributed by atoms with van der Waals surface area (Å²) in [6.45, 7) is 2.24. The van der Waals surface area contributed by atoms with Gasteiger partial charge in [-0.2, -0.15) is 0 Å². The van der Waals surface area contributed by atoms with Crippen molar-refractivity contribution in [2.24, 2.45) is 0 Å². The highest BCUT2D eigenvalue weighted by Crippen LogP contribution is 2.08. The maximum Gasteiger partial charge on any atom is 0.279 e. The molecule has 1 heterocycles. The first-order chi connectivity index (χ1) is 9.15. The molecule has 0 unspecified atom stereocenters. The number of carbonyl (C=O) groups is 1. The summed E-state index contributed by atoms with van der Waals surface area (Å²) in [7, 11) is 0. The van der Waals surface area contributed by atoms with E-state index in [1.165, 1.54) is 24.3 Å². The molecule has 2 aromatic rings. The van der Waals surface area contributed by atoms with Crippen molar-refractivity contribution >= 4 is 11.6 Å². The molecule has 0 fully saturated rings. The summed E-state index contributed by atoms with van der Waals surface area (Å²) >= 11 is 0. The fourth-order valence-electron chi connectivity index (χ4n) is 1.70. The Hall–Kier alpha value is -2.14. The van der Waals surface area contributed by atoms with Crippen LogP contribution in [0.15, 0.2) is 47.1 Å². The number of carbonyl (C=O) groups excluding carboxylic acids is 1. The molecule has 19 heavy (non-hydrogen) atoms. The number of hydrogen-bond acceptors (Lipinski definition) is 2. The molecular formula is C14H16FN2O2+. The average molecular weight is 263 g/mol. The quantitative estimate of drug-likeness (QED) is 0.862.